The molecule has 1 aliphatic heterocycles. The average Bonchev–Trinajstić information content (AvgIpc) is 2.94. The molecule has 0 aromatic carbocycles. The van der Waals surface area contributed by atoms with Gasteiger partial charge in [0.1, 0.15) is 4.90 Å². The van der Waals surface area contributed by atoms with E-state index in [-0.39, 0.29) is 4.90 Å². The summed E-state index contributed by atoms with van der Waals surface area (Å²) in [4.78, 5) is 0.221. The molecule has 7 nitrogen and oxygen atoms in total. The molecule has 0 spiro atoms. The summed E-state index contributed by atoms with van der Waals surface area (Å²) in [7, 11) is -4.39. The molecule has 0 bridgehead atoms. The van der Waals surface area contributed by atoms with Crippen LogP contribution in [0.4, 0.5) is 0 Å². The zero-order valence-electron chi connectivity index (χ0n) is 12.2. The molecule has 1 aromatic rings. The Morgan fingerprint density at radius 1 is 1.38 bits per heavy atom. The van der Waals surface area contributed by atoms with Crippen LogP contribution in [0.5, 0.6) is 0 Å². The minimum atomic E-state index is -3.50. The highest BCUT2D eigenvalue weighted by molar-refractivity contribution is 7.89. The zero-order valence-corrected chi connectivity index (χ0v) is 13.8. The third-order valence-electron chi connectivity index (χ3n) is 3.37. The molecule has 1 aliphatic rings. The minimum absolute atomic E-state index is 0.221. The van der Waals surface area contributed by atoms with Gasteiger partial charge in [-0.3, -0.25) is 8.89 Å². The highest BCUT2D eigenvalue weighted by atomic mass is 32.2. The maximum atomic E-state index is 12.4. The van der Waals surface area contributed by atoms with Crippen LogP contribution in [-0.2, 0) is 27.4 Å². The van der Waals surface area contributed by atoms with Crippen molar-refractivity contribution in [3.8, 4) is 0 Å². The molecule has 21 heavy (non-hydrogen) atoms. The quantitative estimate of drug-likeness (QED) is 0.688. The van der Waals surface area contributed by atoms with E-state index in [0.717, 1.165) is 19.5 Å². The van der Waals surface area contributed by atoms with Gasteiger partial charge >= 0.3 is 0 Å². The van der Waals surface area contributed by atoms with Crippen LogP contribution in [0.1, 0.15) is 13.3 Å². The average molecular weight is 334 g/mol. The Labute approximate surface area is 128 Å². The van der Waals surface area contributed by atoms with Crippen LogP contribution in [0.15, 0.2) is 17.3 Å². The van der Waals surface area contributed by atoms with Gasteiger partial charge in [0.25, 0.3) is 0 Å². The molecule has 1 N–H and O–H groups in total. The second kappa shape index (κ2) is 7.48. The van der Waals surface area contributed by atoms with Crippen LogP contribution in [0.25, 0.3) is 0 Å². The van der Waals surface area contributed by atoms with Gasteiger partial charge in [-0.2, -0.15) is 9.40 Å². The Balaban J connectivity index is 1.97. The van der Waals surface area contributed by atoms with Crippen LogP contribution in [-0.4, -0.2) is 64.4 Å². The van der Waals surface area contributed by atoms with Crippen molar-refractivity contribution < 1.29 is 12.6 Å². The predicted molar refractivity (Wildman–Crippen MR) is 82.0 cm³/mol. The Bertz CT molecular complexity index is 575. The van der Waals surface area contributed by atoms with E-state index in [0.29, 0.717) is 31.1 Å². The van der Waals surface area contributed by atoms with E-state index in [4.69, 9.17) is 0 Å². The van der Waals surface area contributed by atoms with E-state index in [9.17, 15) is 12.6 Å². The van der Waals surface area contributed by atoms with Crippen LogP contribution < -0.4 is 5.32 Å². The molecule has 9 heteroatoms. The molecular weight excluding hydrogens is 312 g/mol. The summed E-state index contributed by atoms with van der Waals surface area (Å²) < 4.78 is 39.3. The zero-order chi connectivity index (χ0) is 15.3. The first-order chi connectivity index (χ1) is 10.0. The predicted octanol–water partition coefficient (Wildman–Crippen LogP) is -0.364. The summed E-state index contributed by atoms with van der Waals surface area (Å²) in [5.74, 6) is 0.826. The first kappa shape index (κ1) is 16.6. The van der Waals surface area contributed by atoms with Gasteiger partial charge in [-0.05, 0) is 19.5 Å². The Morgan fingerprint density at radius 2 is 2.10 bits per heavy atom. The van der Waals surface area contributed by atoms with Crippen molar-refractivity contribution in [2.75, 3.05) is 37.7 Å². The lowest BCUT2D eigenvalue weighted by Gasteiger charge is -2.24. The number of hydrogen-bond acceptors (Lipinski definition) is 5. The van der Waals surface area contributed by atoms with Crippen molar-refractivity contribution in [2.45, 2.75) is 24.8 Å². The maximum Gasteiger partial charge on any atom is 0.246 e. The van der Waals surface area contributed by atoms with Gasteiger partial charge in [-0.15, -0.1) is 0 Å². The molecule has 120 valence electrons. The third kappa shape index (κ3) is 4.35. The summed E-state index contributed by atoms with van der Waals surface area (Å²) in [6.45, 7) is 5.18. The van der Waals surface area contributed by atoms with Gasteiger partial charge < -0.3 is 5.32 Å². The van der Waals surface area contributed by atoms with Crippen LogP contribution in [0.2, 0.25) is 0 Å². The van der Waals surface area contributed by atoms with Crippen molar-refractivity contribution in [3.63, 3.8) is 0 Å². The molecule has 0 unspecified atom stereocenters. The van der Waals surface area contributed by atoms with Crippen LogP contribution in [0.3, 0.4) is 0 Å². The number of hydrogen-bond donors (Lipinski definition) is 1. The largest absolute Gasteiger partial charge is 0.317 e. The summed E-state index contributed by atoms with van der Waals surface area (Å²) in [6.07, 6.45) is 3.87. The fraction of sp³-hybridized carbons (Fsp3) is 0.750. The van der Waals surface area contributed by atoms with E-state index >= 15 is 0 Å². The number of aromatic nitrogens is 2. The summed E-state index contributed by atoms with van der Waals surface area (Å²) in [6, 6.07) is 0. The molecule has 0 amide bonds. The second-order valence-electron chi connectivity index (χ2n) is 4.90. The molecular formula is C12H22N4O3S2. The van der Waals surface area contributed by atoms with Gasteiger partial charge in [-0.1, -0.05) is 6.92 Å². The molecule has 0 saturated carbocycles. The van der Waals surface area contributed by atoms with Gasteiger partial charge in [0.05, 0.1) is 6.20 Å². The number of sulfonamides is 1. The van der Waals surface area contributed by atoms with E-state index in [1.165, 1.54) is 10.5 Å². The van der Waals surface area contributed by atoms with E-state index < -0.39 is 20.8 Å². The molecule has 2 rings (SSSR count). The number of nitrogens with zero attached hydrogens (tertiary/aromatic N) is 3. The molecule has 0 radical (unpaired) electrons. The monoisotopic (exact) mass is 334 g/mol. The lowest BCUT2D eigenvalue weighted by Crippen LogP contribution is -2.41. The number of nitrogens with one attached hydrogen (secondary N) is 1. The second-order valence-corrected chi connectivity index (χ2v) is 8.53. The standard InChI is InChI=1S/C12H22N4O3S2/c1-2-13-4-3-5-15-11-12(10-14-15)21(18,19)16-6-8-20(17)9-7-16/h10-11,13H,2-9H2,1H3. The summed E-state index contributed by atoms with van der Waals surface area (Å²) >= 11 is 0. The molecule has 2 heterocycles. The Hall–Kier alpha value is -0.770. The molecule has 0 aliphatic carbocycles. The van der Waals surface area contributed by atoms with Gasteiger partial charge in [0, 0.05) is 48.1 Å². The lowest BCUT2D eigenvalue weighted by atomic mass is 10.4. The fourth-order valence-electron chi connectivity index (χ4n) is 2.15. The van der Waals surface area contributed by atoms with Crippen molar-refractivity contribution in [1.29, 1.82) is 0 Å². The first-order valence-corrected chi connectivity index (χ1v) is 10.0. The molecule has 1 fully saturated rings. The first-order valence-electron chi connectivity index (χ1n) is 7.12. The third-order valence-corrected chi connectivity index (χ3v) is 6.50. The molecule has 1 saturated heterocycles. The Morgan fingerprint density at radius 3 is 2.76 bits per heavy atom. The summed E-state index contributed by atoms with van der Waals surface area (Å²) in [5, 5.41) is 7.33. The van der Waals surface area contributed by atoms with Crippen molar-refractivity contribution >= 4 is 20.8 Å². The SMILES string of the molecule is CCNCCCn1cc(S(=O)(=O)N2CCS(=O)CC2)cn1. The van der Waals surface area contributed by atoms with E-state index in [1.807, 2.05) is 6.92 Å². The number of rotatable bonds is 7. The number of aryl methyl sites for hydroxylation is 1. The molecule has 0 atom stereocenters. The highest BCUT2D eigenvalue weighted by Crippen LogP contribution is 2.16. The normalized spacial score (nSPS) is 18.1. The van der Waals surface area contributed by atoms with Crippen molar-refractivity contribution in [2.24, 2.45) is 0 Å². The summed E-state index contributed by atoms with van der Waals surface area (Å²) in [5.41, 5.74) is 0. The van der Waals surface area contributed by atoms with Crippen molar-refractivity contribution in [1.82, 2.24) is 19.4 Å². The van der Waals surface area contributed by atoms with E-state index in [1.54, 1.807) is 10.9 Å². The van der Waals surface area contributed by atoms with Crippen LogP contribution >= 0.6 is 0 Å². The van der Waals surface area contributed by atoms with Gasteiger partial charge in [0.2, 0.25) is 10.0 Å². The van der Waals surface area contributed by atoms with Crippen molar-refractivity contribution in [3.05, 3.63) is 12.4 Å². The van der Waals surface area contributed by atoms with Crippen LogP contribution in [0, 0.1) is 0 Å². The van der Waals surface area contributed by atoms with Gasteiger partial charge in [-0.25, -0.2) is 8.42 Å². The maximum absolute atomic E-state index is 12.4. The Kier molecular flexibility index (Phi) is 5.91. The topological polar surface area (TPSA) is 84.3 Å². The van der Waals surface area contributed by atoms with E-state index in [2.05, 4.69) is 10.4 Å². The fourth-order valence-corrected chi connectivity index (χ4v) is 4.83. The minimum Gasteiger partial charge on any atom is -0.317 e. The smallest absolute Gasteiger partial charge is 0.246 e. The van der Waals surface area contributed by atoms with Gasteiger partial charge in [0.15, 0.2) is 0 Å². The highest BCUT2D eigenvalue weighted by Gasteiger charge is 2.29. The molecule has 1 aromatic heterocycles. The lowest BCUT2D eigenvalue weighted by molar-refractivity contribution is 0.438.